The molecule has 0 aliphatic heterocycles. The number of aliphatic imine (C=N–C) groups is 1. The van der Waals surface area contributed by atoms with E-state index in [9.17, 15) is 5.11 Å². The highest BCUT2D eigenvalue weighted by Gasteiger charge is 2.12. The number of aliphatic hydroxyl groups is 1. The fourth-order valence-electron chi connectivity index (χ4n) is 3.22. The Morgan fingerprint density at radius 2 is 1.87 bits per heavy atom. The van der Waals surface area contributed by atoms with Crippen molar-refractivity contribution >= 4 is 51.4 Å². The summed E-state index contributed by atoms with van der Waals surface area (Å²) in [5.74, 6) is 0.644. The highest BCUT2D eigenvalue weighted by Crippen LogP contribution is 2.29. The van der Waals surface area contributed by atoms with E-state index in [-0.39, 0.29) is 24.0 Å². The Bertz CT molecular complexity index is 1090. The molecular weight excluding hydrogens is 521 g/mol. The molecule has 8 heteroatoms. The number of thiophene rings is 1. The van der Waals surface area contributed by atoms with E-state index < -0.39 is 6.10 Å². The molecule has 162 valence electrons. The first kappa shape index (κ1) is 23.2. The van der Waals surface area contributed by atoms with E-state index >= 15 is 0 Å². The summed E-state index contributed by atoms with van der Waals surface area (Å²) in [7, 11) is 1.72. The van der Waals surface area contributed by atoms with Crippen LogP contribution in [0.5, 0.6) is 0 Å². The first-order valence-corrected chi connectivity index (χ1v) is 10.7. The highest BCUT2D eigenvalue weighted by molar-refractivity contribution is 14.0. The first-order valence-electron chi connectivity index (χ1n) is 9.87. The number of nitrogens with one attached hydrogen (secondary N) is 2. The molecule has 0 aliphatic carbocycles. The normalized spacial score (nSPS) is 12.4. The van der Waals surface area contributed by atoms with Gasteiger partial charge in [0.25, 0.3) is 0 Å². The Morgan fingerprint density at radius 3 is 2.65 bits per heavy atom. The van der Waals surface area contributed by atoms with Crippen molar-refractivity contribution in [2.75, 3.05) is 13.6 Å². The van der Waals surface area contributed by atoms with Crippen molar-refractivity contribution in [3.63, 3.8) is 0 Å². The predicted molar refractivity (Wildman–Crippen MR) is 138 cm³/mol. The van der Waals surface area contributed by atoms with E-state index in [0.717, 1.165) is 22.4 Å². The Kier molecular flexibility index (Phi) is 8.44. The molecule has 0 spiro atoms. The van der Waals surface area contributed by atoms with Crippen LogP contribution in [0, 0.1) is 0 Å². The van der Waals surface area contributed by atoms with Crippen molar-refractivity contribution < 1.29 is 5.11 Å². The first-order chi connectivity index (χ1) is 14.7. The van der Waals surface area contributed by atoms with E-state index in [1.807, 2.05) is 53.5 Å². The third-order valence-corrected chi connectivity index (χ3v) is 6.01. The monoisotopic (exact) mass is 547 g/mol. The van der Waals surface area contributed by atoms with E-state index in [4.69, 9.17) is 0 Å². The fraction of sp³-hybridized carbons (Fsp3) is 0.217. The van der Waals surface area contributed by atoms with E-state index in [1.54, 1.807) is 18.4 Å². The van der Waals surface area contributed by atoms with E-state index in [2.05, 4.69) is 45.0 Å². The highest BCUT2D eigenvalue weighted by atomic mass is 127. The number of rotatable bonds is 7. The number of aliphatic hydroxyl groups excluding tert-OH is 1. The summed E-state index contributed by atoms with van der Waals surface area (Å²) in [6.45, 7) is 1.74. The van der Waals surface area contributed by atoms with Gasteiger partial charge in [0.15, 0.2) is 5.96 Å². The van der Waals surface area contributed by atoms with Crippen molar-refractivity contribution in [3.8, 4) is 0 Å². The van der Waals surface area contributed by atoms with Crippen molar-refractivity contribution in [2.24, 2.45) is 4.99 Å². The zero-order valence-corrected chi connectivity index (χ0v) is 20.4. The molecule has 0 amide bonds. The molecule has 6 nitrogen and oxygen atoms in total. The van der Waals surface area contributed by atoms with Crippen LogP contribution in [0.15, 0.2) is 78.0 Å². The van der Waals surface area contributed by atoms with Crippen LogP contribution >= 0.6 is 35.3 Å². The van der Waals surface area contributed by atoms with Gasteiger partial charge in [0.1, 0.15) is 6.10 Å². The summed E-state index contributed by atoms with van der Waals surface area (Å²) in [6.07, 6.45) is 3.30. The lowest BCUT2D eigenvalue weighted by Crippen LogP contribution is -2.38. The number of fused-ring (bicyclic) bond motifs is 1. The van der Waals surface area contributed by atoms with Crippen LogP contribution in [0.1, 0.15) is 22.1 Å². The van der Waals surface area contributed by atoms with Crippen LogP contribution in [-0.2, 0) is 13.1 Å². The minimum Gasteiger partial charge on any atom is -0.386 e. The second kappa shape index (κ2) is 11.3. The van der Waals surface area contributed by atoms with Crippen LogP contribution < -0.4 is 10.6 Å². The molecule has 4 rings (SSSR count). The molecule has 0 aliphatic rings. The summed E-state index contributed by atoms with van der Waals surface area (Å²) in [5, 5.41) is 22.6. The Labute approximate surface area is 203 Å². The lowest BCUT2D eigenvalue weighted by molar-refractivity contribution is 0.184. The molecule has 0 fully saturated rings. The second-order valence-corrected chi connectivity index (χ2v) is 8.16. The summed E-state index contributed by atoms with van der Waals surface area (Å²) in [5.41, 5.74) is 2.28. The molecule has 2 aromatic carbocycles. The third-order valence-electron chi connectivity index (χ3n) is 4.79. The topological polar surface area (TPSA) is 74.5 Å². The fourth-order valence-corrected chi connectivity index (χ4v) is 4.27. The summed E-state index contributed by atoms with van der Waals surface area (Å²) in [4.78, 5) is 5.19. The Hall–Kier alpha value is -2.43. The lowest BCUT2D eigenvalue weighted by atomic mass is 10.2. The van der Waals surface area contributed by atoms with Gasteiger partial charge in [-0.1, -0.05) is 48.5 Å². The van der Waals surface area contributed by atoms with Crippen LogP contribution in [-0.4, -0.2) is 34.4 Å². The number of guanidine groups is 1. The zero-order valence-electron chi connectivity index (χ0n) is 17.2. The van der Waals surface area contributed by atoms with Gasteiger partial charge in [-0.2, -0.15) is 5.10 Å². The number of nitrogens with zero attached hydrogens (tertiary/aromatic N) is 3. The van der Waals surface area contributed by atoms with Crippen LogP contribution in [0.2, 0.25) is 0 Å². The van der Waals surface area contributed by atoms with Crippen LogP contribution in [0.25, 0.3) is 10.1 Å². The molecule has 0 radical (unpaired) electrons. The van der Waals surface area contributed by atoms with Crippen molar-refractivity contribution in [2.45, 2.75) is 19.2 Å². The van der Waals surface area contributed by atoms with Crippen LogP contribution in [0.3, 0.4) is 0 Å². The molecule has 1 unspecified atom stereocenters. The Morgan fingerprint density at radius 1 is 1.10 bits per heavy atom. The largest absolute Gasteiger partial charge is 0.386 e. The lowest BCUT2D eigenvalue weighted by Gasteiger charge is -2.14. The molecule has 4 aromatic rings. The van der Waals surface area contributed by atoms with Gasteiger partial charge in [-0.05, 0) is 23.1 Å². The third kappa shape index (κ3) is 6.28. The maximum absolute atomic E-state index is 10.5. The average Bonchev–Trinajstić information content (AvgIpc) is 3.41. The molecule has 2 heterocycles. The van der Waals surface area contributed by atoms with Crippen LogP contribution in [0.4, 0.5) is 0 Å². The zero-order chi connectivity index (χ0) is 20.8. The predicted octanol–water partition coefficient (Wildman–Crippen LogP) is 4.16. The maximum atomic E-state index is 10.5. The molecular formula is C23H26IN5OS. The van der Waals surface area contributed by atoms with Gasteiger partial charge < -0.3 is 15.7 Å². The van der Waals surface area contributed by atoms with Gasteiger partial charge in [0.2, 0.25) is 0 Å². The standard InChI is InChI=1S/C23H25N5OS.HI/c1-24-23(26-14-20(29)22-11-19-9-5-6-10-21(19)30-22)25-12-18-13-27-28(16-18)15-17-7-3-2-4-8-17;/h2-11,13,16,20,29H,12,14-15H2,1H3,(H2,24,25,26);1H. The van der Waals surface area contributed by atoms with Crippen molar-refractivity contribution in [3.05, 3.63) is 89.1 Å². The molecule has 0 saturated heterocycles. The molecule has 0 bridgehead atoms. The molecule has 2 aromatic heterocycles. The summed E-state index contributed by atoms with van der Waals surface area (Å²) >= 11 is 1.62. The SMILES string of the molecule is CN=C(NCc1cnn(Cc2ccccc2)c1)NCC(O)c1cc2ccccc2s1.I. The van der Waals surface area contributed by atoms with E-state index in [1.165, 1.54) is 10.3 Å². The Balaban J connectivity index is 0.00000272. The minimum absolute atomic E-state index is 0. The maximum Gasteiger partial charge on any atom is 0.191 e. The van der Waals surface area contributed by atoms with Crippen molar-refractivity contribution in [1.29, 1.82) is 0 Å². The van der Waals surface area contributed by atoms with Gasteiger partial charge in [-0.25, -0.2) is 0 Å². The molecule has 1 atom stereocenters. The van der Waals surface area contributed by atoms with Gasteiger partial charge in [0, 0.05) is 41.5 Å². The molecule has 0 saturated carbocycles. The average molecular weight is 547 g/mol. The summed E-state index contributed by atoms with van der Waals surface area (Å²) < 4.78 is 3.11. The number of aromatic nitrogens is 2. The van der Waals surface area contributed by atoms with Gasteiger partial charge in [-0.3, -0.25) is 9.67 Å². The summed E-state index contributed by atoms with van der Waals surface area (Å²) in [6, 6.07) is 20.5. The number of hydrogen-bond acceptors (Lipinski definition) is 4. The van der Waals surface area contributed by atoms with E-state index in [0.29, 0.717) is 19.0 Å². The molecule has 31 heavy (non-hydrogen) atoms. The second-order valence-electron chi connectivity index (χ2n) is 7.04. The van der Waals surface area contributed by atoms with Gasteiger partial charge >= 0.3 is 0 Å². The number of hydrogen-bond donors (Lipinski definition) is 3. The quantitative estimate of drug-likeness (QED) is 0.185. The smallest absolute Gasteiger partial charge is 0.191 e. The number of halogens is 1. The van der Waals surface area contributed by atoms with Gasteiger partial charge in [-0.15, -0.1) is 35.3 Å². The molecule has 3 N–H and O–H groups in total. The minimum atomic E-state index is -0.588. The van der Waals surface area contributed by atoms with Gasteiger partial charge in [0.05, 0.1) is 12.7 Å². The van der Waals surface area contributed by atoms with Crippen molar-refractivity contribution in [1.82, 2.24) is 20.4 Å². The number of benzene rings is 2.